The van der Waals surface area contributed by atoms with Crippen molar-refractivity contribution >= 4 is 34.9 Å². The topological polar surface area (TPSA) is 82.5 Å². The number of hydrogen-bond acceptors (Lipinski definition) is 7. The van der Waals surface area contributed by atoms with Gasteiger partial charge in [-0.15, -0.1) is 0 Å². The van der Waals surface area contributed by atoms with Crippen molar-refractivity contribution in [2.75, 3.05) is 37.7 Å². The first-order valence-corrected chi connectivity index (χ1v) is 12.8. The summed E-state index contributed by atoms with van der Waals surface area (Å²) in [6.45, 7) is 4.68. The number of anilines is 1. The lowest BCUT2D eigenvalue weighted by atomic mass is 9.86. The zero-order chi connectivity index (χ0) is 24.7. The Labute approximate surface area is 215 Å². The lowest BCUT2D eigenvalue weighted by molar-refractivity contribution is -0.142. The van der Waals surface area contributed by atoms with Gasteiger partial charge in [-0.05, 0) is 42.3 Å². The van der Waals surface area contributed by atoms with Crippen molar-refractivity contribution in [1.82, 2.24) is 4.90 Å². The van der Waals surface area contributed by atoms with Crippen LogP contribution in [0.2, 0.25) is 10.0 Å². The molecule has 3 aliphatic rings. The number of benzene rings is 2. The number of carbonyl (C=O) groups is 1. The molecule has 5 rings (SSSR count). The highest BCUT2D eigenvalue weighted by molar-refractivity contribution is 6.32. The van der Waals surface area contributed by atoms with Gasteiger partial charge in [0.1, 0.15) is 17.1 Å². The van der Waals surface area contributed by atoms with E-state index in [1.165, 1.54) is 0 Å². The average molecular weight is 521 g/mol. The highest BCUT2D eigenvalue weighted by atomic mass is 35.5. The third kappa shape index (κ3) is 4.92. The molecular weight excluding hydrogens is 491 g/mol. The number of rotatable bonds is 5. The van der Waals surface area contributed by atoms with Crippen LogP contribution in [0, 0.1) is 0 Å². The fourth-order valence-corrected chi connectivity index (χ4v) is 6.05. The normalized spacial score (nSPS) is 23.4. The van der Waals surface area contributed by atoms with E-state index in [4.69, 9.17) is 32.7 Å². The molecule has 1 unspecified atom stereocenters. The number of aliphatic hydroxyl groups excluding tert-OH is 1. The van der Waals surface area contributed by atoms with Gasteiger partial charge in [-0.3, -0.25) is 9.69 Å². The van der Waals surface area contributed by atoms with Crippen LogP contribution in [0.1, 0.15) is 30.9 Å². The first-order chi connectivity index (χ1) is 16.8. The molecule has 3 aliphatic heterocycles. The third-order valence-corrected chi connectivity index (χ3v) is 7.97. The number of β-amino-alcohol motifs (C(OH)–C–C–N with tert-alkyl or cyclic N) is 1. The number of aliphatic hydroxyl groups is 1. The number of carbonyl (C=O) groups excluding carboxylic acids is 1. The zero-order valence-electron chi connectivity index (χ0n) is 19.7. The monoisotopic (exact) mass is 520 g/mol. The van der Waals surface area contributed by atoms with Gasteiger partial charge in [0.15, 0.2) is 0 Å². The maximum absolute atomic E-state index is 12.2. The number of ether oxygens (including phenoxy) is 2. The van der Waals surface area contributed by atoms with Crippen molar-refractivity contribution in [3.63, 3.8) is 0 Å². The van der Waals surface area contributed by atoms with Gasteiger partial charge in [-0.25, -0.2) is 0 Å². The maximum Gasteiger partial charge on any atom is 0.310 e. The molecule has 2 atom stereocenters. The van der Waals surface area contributed by atoms with Gasteiger partial charge in [0.2, 0.25) is 0 Å². The van der Waals surface area contributed by atoms with Gasteiger partial charge in [0, 0.05) is 62.2 Å². The molecule has 35 heavy (non-hydrogen) atoms. The van der Waals surface area contributed by atoms with Crippen molar-refractivity contribution in [3.8, 4) is 11.5 Å². The molecular formula is C26H30Cl2N2O5. The summed E-state index contributed by atoms with van der Waals surface area (Å²) in [5, 5.41) is 22.1. The van der Waals surface area contributed by atoms with Crippen molar-refractivity contribution in [2.45, 2.75) is 50.4 Å². The van der Waals surface area contributed by atoms with E-state index >= 15 is 0 Å². The molecule has 2 aromatic carbocycles. The van der Waals surface area contributed by atoms with Crippen LogP contribution in [0.5, 0.6) is 11.5 Å². The van der Waals surface area contributed by atoms with E-state index in [1.807, 2.05) is 23.1 Å². The summed E-state index contributed by atoms with van der Waals surface area (Å²) >= 11 is 12.3. The Balaban J connectivity index is 1.27. The highest BCUT2D eigenvalue weighted by Gasteiger charge is 2.45. The number of likely N-dealkylation sites (tertiary alicyclic amines) is 1. The van der Waals surface area contributed by atoms with Gasteiger partial charge in [0.05, 0.1) is 30.2 Å². The number of aromatic hydroxyl groups is 1. The van der Waals surface area contributed by atoms with Crippen molar-refractivity contribution in [1.29, 1.82) is 0 Å². The molecule has 9 heteroatoms. The standard InChI is InChI=1S/C26H30Cl2N2O5/c1-2-34-25(33)11-16-10-19(28)22(31)12-20(16)30-14-21(23(32)15-30)29-7-5-26(6-8-29)13-17-9-18(27)3-4-24(17)35-26/h3-4,9-10,12,21,23,31-32H,2,5-8,11,13-15H2,1H3/t21?,23-/m1/s1. The number of fused-ring (bicyclic) bond motifs is 1. The minimum atomic E-state index is -0.558. The minimum absolute atomic E-state index is 0.0502. The van der Waals surface area contributed by atoms with Crippen LogP contribution < -0.4 is 9.64 Å². The average Bonchev–Trinajstić information content (AvgIpc) is 3.36. The van der Waals surface area contributed by atoms with Crippen molar-refractivity contribution in [2.24, 2.45) is 0 Å². The number of halogens is 2. The highest BCUT2D eigenvalue weighted by Crippen LogP contribution is 2.43. The molecule has 2 aromatic rings. The lowest BCUT2D eigenvalue weighted by Gasteiger charge is -2.41. The maximum atomic E-state index is 12.2. The third-order valence-electron chi connectivity index (χ3n) is 7.43. The predicted molar refractivity (Wildman–Crippen MR) is 135 cm³/mol. The van der Waals surface area contributed by atoms with Crippen LogP contribution in [0.3, 0.4) is 0 Å². The predicted octanol–water partition coefficient (Wildman–Crippen LogP) is 3.82. The Morgan fingerprint density at radius 3 is 2.71 bits per heavy atom. The molecule has 2 fully saturated rings. The number of phenolic OH excluding ortho intramolecular Hbond substituents is 1. The van der Waals surface area contributed by atoms with E-state index in [1.54, 1.807) is 19.1 Å². The first kappa shape index (κ1) is 24.5. The quantitative estimate of drug-likeness (QED) is 0.579. The second-order valence-corrected chi connectivity index (χ2v) is 10.5. The summed E-state index contributed by atoms with van der Waals surface area (Å²) < 4.78 is 11.5. The number of esters is 1. The summed E-state index contributed by atoms with van der Waals surface area (Å²) in [4.78, 5) is 16.5. The summed E-state index contributed by atoms with van der Waals surface area (Å²) in [6.07, 6.45) is 2.10. The second kappa shape index (κ2) is 9.69. The van der Waals surface area contributed by atoms with Crippen molar-refractivity contribution in [3.05, 3.63) is 51.5 Å². The summed E-state index contributed by atoms with van der Waals surface area (Å²) in [6, 6.07) is 8.93. The molecule has 1 spiro atoms. The fourth-order valence-electron chi connectivity index (χ4n) is 5.66. The molecule has 3 heterocycles. The van der Waals surface area contributed by atoms with E-state index in [9.17, 15) is 15.0 Å². The number of piperidine rings is 1. The molecule has 0 amide bonds. The molecule has 0 aliphatic carbocycles. The Morgan fingerprint density at radius 1 is 1.20 bits per heavy atom. The lowest BCUT2D eigenvalue weighted by Crippen LogP contribution is -2.53. The van der Waals surface area contributed by atoms with E-state index in [-0.39, 0.29) is 34.8 Å². The molecule has 2 N–H and O–H groups in total. The first-order valence-electron chi connectivity index (χ1n) is 12.1. The smallest absolute Gasteiger partial charge is 0.310 e. The van der Waals surface area contributed by atoms with Gasteiger partial charge in [-0.2, -0.15) is 0 Å². The molecule has 0 saturated carbocycles. The van der Waals surface area contributed by atoms with Crippen LogP contribution in [-0.2, 0) is 22.4 Å². The van der Waals surface area contributed by atoms with Crippen molar-refractivity contribution < 1.29 is 24.5 Å². The Hall–Kier alpha value is -2.19. The SMILES string of the molecule is CCOC(=O)Cc1cc(Cl)c(O)cc1N1CC(N2CCC3(CC2)Cc2cc(Cl)ccc2O3)[C@H](O)C1. The van der Waals surface area contributed by atoms with Gasteiger partial charge in [-0.1, -0.05) is 23.2 Å². The number of nitrogens with zero attached hydrogens (tertiary/aromatic N) is 2. The summed E-state index contributed by atoms with van der Waals surface area (Å²) in [7, 11) is 0. The second-order valence-electron chi connectivity index (χ2n) is 9.70. The minimum Gasteiger partial charge on any atom is -0.506 e. The zero-order valence-corrected chi connectivity index (χ0v) is 21.2. The molecule has 7 nitrogen and oxygen atoms in total. The van der Waals surface area contributed by atoms with Gasteiger partial charge < -0.3 is 24.6 Å². The van der Waals surface area contributed by atoms with Crippen LogP contribution in [-0.4, -0.2) is 71.6 Å². The van der Waals surface area contributed by atoms with Crippen LogP contribution in [0.15, 0.2) is 30.3 Å². The molecule has 0 bridgehead atoms. The number of hydrogen-bond donors (Lipinski definition) is 2. The van der Waals surface area contributed by atoms with E-state index in [0.717, 1.165) is 48.7 Å². The fraction of sp³-hybridized carbons (Fsp3) is 0.500. The van der Waals surface area contributed by atoms with E-state index in [0.29, 0.717) is 30.9 Å². The van der Waals surface area contributed by atoms with Crippen LogP contribution in [0.25, 0.3) is 0 Å². The van der Waals surface area contributed by atoms with Gasteiger partial charge >= 0.3 is 5.97 Å². The van der Waals surface area contributed by atoms with E-state index < -0.39 is 6.10 Å². The Bertz CT molecular complexity index is 1120. The molecule has 0 radical (unpaired) electrons. The molecule has 0 aromatic heterocycles. The van der Waals surface area contributed by atoms with Crippen LogP contribution in [0.4, 0.5) is 5.69 Å². The number of phenols is 1. The summed E-state index contributed by atoms with van der Waals surface area (Å²) in [5.74, 6) is 0.517. The Kier molecular flexibility index (Phi) is 6.79. The van der Waals surface area contributed by atoms with Crippen LogP contribution >= 0.6 is 23.2 Å². The molecule has 2 saturated heterocycles. The Morgan fingerprint density at radius 2 is 1.97 bits per heavy atom. The van der Waals surface area contributed by atoms with Gasteiger partial charge in [0.25, 0.3) is 0 Å². The largest absolute Gasteiger partial charge is 0.506 e. The van der Waals surface area contributed by atoms with E-state index in [2.05, 4.69) is 4.90 Å². The summed E-state index contributed by atoms with van der Waals surface area (Å²) in [5.41, 5.74) is 2.32. The molecule has 188 valence electrons.